The molecule has 1 saturated carbocycles. The highest BCUT2D eigenvalue weighted by Crippen LogP contribution is 2.24. The van der Waals surface area contributed by atoms with E-state index >= 15 is 0 Å². The summed E-state index contributed by atoms with van der Waals surface area (Å²) in [5, 5.41) is 0. The van der Waals surface area contributed by atoms with Crippen LogP contribution in [0.1, 0.15) is 49.4 Å². The van der Waals surface area contributed by atoms with Crippen LogP contribution in [0.25, 0.3) is 0 Å². The molecule has 0 radical (unpaired) electrons. The molecule has 0 bridgehead atoms. The lowest BCUT2D eigenvalue weighted by atomic mass is 9.93. The molecule has 0 aliphatic heterocycles. The zero-order chi connectivity index (χ0) is 13.0. The Bertz CT molecular complexity index is 395. The van der Waals surface area contributed by atoms with Crippen molar-refractivity contribution in [2.75, 3.05) is 6.54 Å². The summed E-state index contributed by atoms with van der Waals surface area (Å²) in [6.07, 6.45) is 6.16. The highest BCUT2D eigenvalue weighted by Gasteiger charge is 2.24. The number of amides is 1. The van der Waals surface area contributed by atoms with Crippen LogP contribution < -0.4 is 0 Å². The minimum absolute atomic E-state index is 0.178. The van der Waals surface area contributed by atoms with Crippen molar-refractivity contribution in [3.05, 3.63) is 34.3 Å². The van der Waals surface area contributed by atoms with E-state index in [0.717, 1.165) is 29.4 Å². The van der Waals surface area contributed by atoms with E-state index in [1.165, 1.54) is 19.3 Å². The van der Waals surface area contributed by atoms with Gasteiger partial charge in [-0.1, -0.05) is 35.2 Å². The van der Waals surface area contributed by atoms with Gasteiger partial charge in [0, 0.05) is 22.6 Å². The van der Waals surface area contributed by atoms with E-state index in [9.17, 15) is 4.79 Å². The van der Waals surface area contributed by atoms with E-state index in [1.54, 1.807) is 0 Å². The van der Waals surface area contributed by atoms with Gasteiger partial charge in [0.1, 0.15) is 0 Å². The second-order valence-electron chi connectivity index (χ2n) is 4.89. The molecule has 0 aromatic heterocycles. The molecule has 0 N–H and O–H groups in total. The molecule has 0 spiro atoms. The second kappa shape index (κ2) is 6.37. The quantitative estimate of drug-likeness (QED) is 0.817. The average molecular weight is 310 g/mol. The highest BCUT2D eigenvalue weighted by atomic mass is 79.9. The molecule has 1 aliphatic carbocycles. The van der Waals surface area contributed by atoms with Gasteiger partial charge in [0.2, 0.25) is 0 Å². The van der Waals surface area contributed by atoms with Crippen molar-refractivity contribution in [2.45, 2.75) is 45.1 Å². The molecule has 2 rings (SSSR count). The zero-order valence-electron chi connectivity index (χ0n) is 10.9. The Hall–Kier alpha value is -0.830. The predicted octanol–water partition coefficient (Wildman–Crippen LogP) is 4.24. The van der Waals surface area contributed by atoms with Gasteiger partial charge in [0.25, 0.3) is 5.91 Å². The van der Waals surface area contributed by atoms with Crippen LogP contribution in [0, 0.1) is 0 Å². The molecule has 1 aromatic rings. The third kappa shape index (κ3) is 3.14. The lowest BCUT2D eigenvalue weighted by molar-refractivity contribution is 0.0648. The monoisotopic (exact) mass is 309 g/mol. The van der Waals surface area contributed by atoms with Crippen LogP contribution in [0.2, 0.25) is 0 Å². The van der Waals surface area contributed by atoms with Gasteiger partial charge in [0.15, 0.2) is 0 Å². The van der Waals surface area contributed by atoms with Crippen molar-refractivity contribution in [2.24, 2.45) is 0 Å². The molecule has 3 heteroatoms. The lowest BCUT2D eigenvalue weighted by Crippen LogP contribution is -2.41. The number of hydrogen-bond donors (Lipinski definition) is 0. The minimum Gasteiger partial charge on any atom is -0.336 e. The fourth-order valence-electron chi connectivity index (χ4n) is 2.72. The fourth-order valence-corrected chi connectivity index (χ4v) is 2.98. The summed E-state index contributed by atoms with van der Waals surface area (Å²) >= 11 is 3.40. The number of nitrogens with zero attached hydrogens (tertiary/aromatic N) is 1. The molecule has 0 atom stereocenters. The first-order valence-corrected chi connectivity index (χ1v) is 7.58. The molecular formula is C15H20BrNO. The number of hydrogen-bond acceptors (Lipinski definition) is 1. The van der Waals surface area contributed by atoms with Crippen LogP contribution in [0.5, 0.6) is 0 Å². The third-order valence-electron chi connectivity index (χ3n) is 3.71. The summed E-state index contributed by atoms with van der Waals surface area (Å²) in [5.74, 6) is 0.178. The first kappa shape index (κ1) is 13.6. The van der Waals surface area contributed by atoms with Crippen molar-refractivity contribution in [3.63, 3.8) is 0 Å². The lowest BCUT2D eigenvalue weighted by Gasteiger charge is -2.33. The van der Waals surface area contributed by atoms with Crippen molar-refractivity contribution in [3.8, 4) is 0 Å². The van der Waals surface area contributed by atoms with Gasteiger partial charge in [-0.2, -0.15) is 0 Å². The van der Waals surface area contributed by atoms with Gasteiger partial charge in [-0.3, -0.25) is 4.79 Å². The van der Waals surface area contributed by atoms with Gasteiger partial charge in [-0.25, -0.2) is 0 Å². The maximum absolute atomic E-state index is 12.5. The molecule has 2 nitrogen and oxygen atoms in total. The fraction of sp³-hybridized carbons (Fsp3) is 0.533. The maximum Gasteiger partial charge on any atom is 0.254 e. The summed E-state index contributed by atoms with van der Waals surface area (Å²) in [7, 11) is 0. The van der Waals surface area contributed by atoms with Crippen molar-refractivity contribution in [1.29, 1.82) is 0 Å². The van der Waals surface area contributed by atoms with E-state index < -0.39 is 0 Å². The van der Waals surface area contributed by atoms with Gasteiger partial charge < -0.3 is 4.90 Å². The normalized spacial score (nSPS) is 16.6. The standard InChI is InChI=1S/C15H20BrNO/c1-2-17(14-6-4-3-5-7-14)15(18)12-8-10-13(16)11-9-12/h8-11,14H,2-7H2,1H3. The Morgan fingerprint density at radius 1 is 1.22 bits per heavy atom. The smallest absolute Gasteiger partial charge is 0.254 e. The van der Waals surface area contributed by atoms with Crippen LogP contribution in [0.15, 0.2) is 28.7 Å². The SMILES string of the molecule is CCN(C(=O)c1ccc(Br)cc1)C1CCCCC1. The number of halogens is 1. The molecule has 98 valence electrons. The van der Waals surface area contributed by atoms with Gasteiger partial charge in [0.05, 0.1) is 0 Å². The highest BCUT2D eigenvalue weighted by molar-refractivity contribution is 9.10. The number of carbonyl (C=O) groups excluding carboxylic acids is 1. The number of carbonyl (C=O) groups is 1. The molecular weight excluding hydrogens is 290 g/mol. The van der Waals surface area contributed by atoms with E-state index in [2.05, 4.69) is 22.9 Å². The summed E-state index contributed by atoms with van der Waals surface area (Å²) in [6, 6.07) is 8.11. The molecule has 0 unspecified atom stereocenters. The Kier molecular flexibility index (Phi) is 4.81. The number of benzene rings is 1. The Labute approximate surface area is 117 Å². The Morgan fingerprint density at radius 2 is 1.83 bits per heavy atom. The Balaban J connectivity index is 2.11. The molecule has 18 heavy (non-hydrogen) atoms. The molecule has 0 saturated heterocycles. The van der Waals surface area contributed by atoms with E-state index in [-0.39, 0.29) is 5.91 Å². The van der Waals surface area contributed by atoms with Crippen LogP contribution in [0.3, 0.4) is 0 Å². The van der Waals surface area contributed by atoms with Gasteiger partial charge in [-0.05, 0) is 44.0 Å². The molecule has 0 heterocycles. The zero-order valence-corrected chi connectivity index (χ0v) is 12.4. The van der Waals surface area contributed by atoms with Crippen molar-refractivity contribution < 1.29 is 4.79 Å². The summed E-state index contributed by atoms with van der Waals surface area (Å²) < 4.78 is 1.01. The summed E-state index contributed by atoms with van der Waals surface area (Å²) in [4.78, 5) is 14.5. The largest absolute Gasteiger partial charge is 0.336 e. The molecule has 1 aliphatic rings. The Morgan fingerprint density at radius 3 is 2.39 bits per heavy atom. The minimum atomic E-state index is 0.178. The topological polar surface area (TPSA) is 20.3 Å². The van der Waals surface area contributed by atoms with Gasteiger partial charge >= 0.3 is 0 Å². The van der Waals surface area contributed by atoms with Crippen LogP contribution in [0.4, 0.5) is 0 Å². The molecule has 1 aromatic carbocycles. The van der Waals surface area contributed by atoms with E-state index in [0.29, 0.717) is 6.04 Å². The molecule has 1 amide bonds. The van der Waals surface area contributed by atoms with Crippen LogP contribution >= 0.6 is 15.9 Å². The van der Waals surface area contributed by atoms with Gasteiger partial charge in [-0.15, -0.1) is 0 Å². The number of rotatable bonds is 3. The summed E-state index contributed by atoms with van der Waals surface area (Å²) in [6.45, 7) is 2.88. The van der Waals surface area contributed by atoms with Crippen LogP contribution in [-0.2, 0) is 0 Å². The second-order valence-corrected chi connectivity index (χ2v) is 5.81. The molecule has 1 fully saturated rings. The first-order chi connectivity index (χ1) is 8.72. The van der Waals surface area contributed by atoms with Crippen molar-refractivity contribution >= 4 is 21.8 Å². The van der Waals surface area contributed by atoms with E-state index in [4.69, 9.17) is 0 Å². The first-order valence-electron chi connectivity index (χ1n) is 6.79. The maximum atomic E-state index is 12.5. The van der Waals surface area contributed by atoms with Crippen molar-refractivity contribution in [1.82, 2.24) is 4.90 Å². The van der Waals surface area contributed by atoms with Crippen LogP contribution in [-0.4, -0.2) is 23.4 Å². The predicted molar refractivity (Wildman–Crippen MR) is 77.7 cm³/mol. The third-order valence-corrected chi connectivity index (χ3v) is 4.24. The van der Waals surface area contributed by atoms with E-state index in [1.807, 2.05) is 29.2 Å². The summed E-state index contributed by atoms with van der Waals surface area (Å²) in [5.41, 5.74) is 0.797. The average Bonchev–Trinajstić information content (AvgIpc) is 2.41.